The van der Waals surface area contributed by atoms with Gasteiger partial charge in [0, 0.05) is 37.3 Å². The summed E-state index contributed by atoms with van der Waals surface area (Å²) in [4.78, 5) is 2.56. The van der Waals surface area contributed by atoms with Crippen LogP contribution < -0.4 is 0 Å². The molecule has 1 aliphatic carbocycles. The van der Waals surface area contributed by atoms with E-state index >= 15 is 0 Å². The van der Waals surface area contributed by atoms with Crippen LogP contribution in [-0.4, -0.2) is 48.5 Å². The summed E-state index contributed by atoms with van der Waals surface area (Å²) < 4.78 is 5.44. The van der Waals surface area contributed by atoms with Crippen LogP contribution in [0.5, 0.6) is 0 Å². The van der Waals surface area contributed by atoms with Gasteiger partial charge in [-0.1, -0.05) is 12.8 Å². The second-order valence-electron chi connectivity index (χ2n) is 6.06. The second kappa shape index (κ2) is 3.97. The zero-order valence-electron chi connectivity index (χ0n) is 10.1. The monoisotopic (exact) mass is 225 g/mol. The molecular formula is C13H23NO2. The Labute approximate surface area is 97.8 Å². The molecule has 3 aliphatic rings. The van der Waals surface area contributed by atoms with Crippen LogP contribution in [-0.2, 0) is 4.74 Å². The Bertz CT molecular complexity index is 247. The van der Waals surface area contributed by atoms with Gasteiger partial charge in [0.15, 0.2) is 0 Å². The Hall–Kier alpha value is -0.120. The smallest absolute Gasteiger partial charge is 0.0615 e. The Kier molecular flexibility index (Phi) is 2.73. The first-order valence-corrected chi connectivity index (χ1v) is 6.72. The highest BCUT2D eigenvalue weighted by atomic mass is 16.5. The quantitative estimate of drug-likeness (QED) is 0.771. The van der Waals surface area contributed by atoms with Gasteiger partial charge in [-0.2, -0.15) is 0 Å². The van der Waals surface area contributed by atoms with Crippen molar-refractivity contribution in [2.45, 2.75) is 44.1 Å². The van der Waals surface area contributed by atoms with Crippen molar-refractivity contribution in [2.24, 2.45) is 5.41 Å². The second-order valence-corrected chi connectivity index (χ2v) is 6.06. The number of nitrogens with zero attached hydrogens (tertiary/aromatic N) is 1. The fourth-order valence-corrected chi connectivity index (χ4v) is 3.83. The van der Waals surface area contributed by atoms with Gasteiger partial charge in [-0.05, 0) is 25.7 Å². The number of likely N-dealkylation sites (tertiary alicyclic amines) is 1. The van der Waals surface area contributed by atoms with Crippen molar-refractivity contribution < 1.29 is 9.84 Å². The molecule has 3 fully saturated rings. The van der Waals surface area contributed by atoms with Crippen LogP contribution in [0.4, 0.5) is 0 Å². The summed E-state index contributed by atoms with van der Waals surface area (Å²) in [5.74, 6) is 0. The first-order valence-electron chi connectivity index (χ1n) is 6.72. The average molecular weight is 225 g/mol. The molecule has 3 nitrogen and oxygen atoms in total. The number of rotatable bonds is 2. The number of aliphatic hydroxyl groups excluding tert-OH is 1. The Morgan fingerprint density at radius 1 is 1.00 bits per heavy atom. The molecule has 0 bridgehead atoms. The van der Waals surface area contributed by atoms with Gasteiger partial charge in [0.05, 0.1) is 6.61 Å². The van der Waals surface area contributed by atoms with E-state index in [1.807, 2.05) is 0 Å². The minimum atomic E-state index is 0.156. The predicted octanol–water partition coefficient (Wildman–Crippen LogP) is 1.40. The highest BCUT2D eigenvalue weighted by Crippen LogP contribution is 2.47. The van der Waals surface area contributed by atoms with Gasteiger partial charge in [-0.25, -0.2) is 0 Å². The van der Waals surface area contributed by atoms with Crippen LogP contribution in [0.3, 0.4) is 0 Å². The van der Waals surface area contributed by atoms with E-state index in [9.17, 15) is 5.11 Å². The van der Waals surface area contributed by atoms with Gasteiger partial charge in [-0.3, -0.25) is 4.90 Å². The summed E-state index contributed by atoms with van der Waals surface area (Å²) >= 11 is 0. The SMILES string of the molecule is OCC1(N2CC3(CCOCC3)C2)CCCC1. The van der Waals surface area contributed by atoms with Gasteiger partial charge >= 0.3 is 0 Å². The molecule has 3 rings (SSSR count). The molecule has 1 saturated carbocycles. The van der Waals surface area contributed by atoms with Gasteiger partial charge in [0.25, 0.3) is 0 Å². The summed E-state index contributed by atoms with van der Waals surface area (Å²) in [5.41, 5.74) is 0.701. The molecule has 2 aliphatic heterocycles. The lowest BCUT2D eigenvalue weighted by atomic mass is 9.70. The molecule has 0 aromatic carbocycles. The number of hydrogen-bond donors (Lipinski definition) is 1. The van der Waals surface area contributed by atoms with Crippen LogP contribution in [0.25, 0.3) is 0 Å². The van der Waals surface area contributed by atoms with Crippen molar-refractivity contribution >= 4 is 0 Å². The molecule has 1 spiro atoms. The maximum absolute atomic E-state index is 9.67. The van der Waals surface area contributed by atoms with E-state index in [1.54, 1.807) is 0 Å². The van der Waals surface area contributed by atoms with E-state index in [1.165, 1.54) is 51.6 Å². The third-order valence-corrected chi connectivity index (χ3v) is 5.11. The normalized spacial score (nSPS) is 32.8. The van der Waals surface area contributed by atoms with Crippen molar-refractivity contribution in [3.8, 4) is 0 Å². The van der Waals surface area contributed by atoms with Crippen LogP contribution in [0.2, 0.25) is 0 Å². The fourth-order valence-electron chi connectivity index (χ4n) is 3.83. The minimum absolute atomic E-state index is 0.156. The van der Waals surface area contributed by atoms with E-state index in [0.29, 0.717) is 12.0 Å². The number of ether oxygens (including phenoxy) is 1. The van der Waals surface area contributed by atoms with Crippen LogP contribution >= 0.6 is 0 Å². The first kappa shape index (κ1) is 11.0. The zero-order valence-corrected chi connectivity index (χ0v) is 10.1. The van der Waals surface area contributed by atoms with Gasteiger partial charge in [-0.15, -0.1) is 0 Å². The molecule has 0 amide bonds. The third-order valence-electron chi connectivity index (χ3n) is 5.11. The van der Waals surface area contributed by atoms with E-state index in [4.69, 9.17) is 4.74 Å². The maximum atomic E-state index is 9.67. The summed E-state index contributed by atoms with van der Waals surface area (Å²) in [6.07, 6.45) is 7.46. The maximum Gasteiger partial charge on any atom is 0.0615 e. The topological polar surface area (TPSA) is 32.7 Å². The molecule has 0 unspecified atom stereocenters. The first-order chi connectivity index (χ1) is 7.79. The predicted molar refractivity (Wildman–Crippen MR) is 62.3 cm³/mol. The molecule has 2 heterocycles. The van der Waals surface area contributed by atoms with E-state index in [2.05, 4.69) is 4.90 Å². The van der Waals surface area contributed by atoms with Gasteiger partial charge in [0.1, 0.15) is 0 Å². The Balaban J connectivity index is 1.62. The van der Waals surface area contributed by atoms with Crippen LogP contribution in [0, 0.1) is 5.41 Å². The minimum Gasteiger partial charge on any atom is -0.394 e. The number of hydrogen-bond acceptors (Lipinski definition) is 3. The molecule has 0 aromatic heterocycles. The average Bonchev–Trinajstić information content (AvgIpc) is 2.76. The Morgan fingerprint density at radius 3 is 2.19 bits per heavy atom. The lowest BCUT2D eigenvalue weighted by Gasteiger charge is -2.58. The fraction of sp³-hybridized carbons (Fsp3) is 1.00. The molecule has 0 aromatic rings. The van der Waals surface area contributed by atoms with Crippen molar-refractivity contribution in [2.75, 3.05) is 32.9 Å². The van der Waals surface area contributed by atoms with Gasteiger partial charge < -0.3 is 9.84 Å². The standard InChI is InChI=1S/C13H23NO2/c15-11-13(3-1-2-4-13)14-9-12(10-14)5-7-16-8-6-12/h15H,1-11H2. The molecule has 3 heteroatoms. The third kappa shape index (κ3) is 1.60. The van der Waals surface area contributed by atoms with Crippen molar-refractivity contribution in [3.05, 3.63) is 0 Å². The van der Waals surface area contributed by atoms with Crippen molar-refractivity contribution in [1.29, 1.82) is 0 Å². The molecule has 1 N–H and O–H groups in total. The lowest BCUT2D eigenvalue weighted by molar-refractivity contribution is -0.135. The van der Waals surface area contributed by atoms with Gasteiger partial charge in [0.2, 0.25) is 0 Å². The molecule has 0 atom stereocenters. The summed E-state index contributed by atoms with van der Waals surface area (Å²) in [6.45, 7) is 4.66. The highest BCUT2D eigenvalue weighted by molar-refractivity contribution is 5.05. The summed E-state index contributed by atoms with van der Waals surface area (Å²) in [7, 11) is 0. The summed E-state index contributed by atoms with van der Waals surface area (Å²) in [5, 5.41) is 9.67. The van der Waals surface area contributed by atoms with Crippen molar-refractivity contribution in [3.63, 3.8) is 0 Å². The van der Waals surface area contributed by atoms with Crippen molar-refractivity contribution in [1.82, 2.24) is 4.90 Å². The molecule has 0 radical (unpaired) electrons. The van der Waals surface area contributed by atoms with E-state index < -0.39 is 0 Å². The molecular weight excluding hydrogens is 202 g/mol. The van der Waals surface area contributed by atoms with E-state index in [0.717, 1.165) is 13.2 Å². The zero-order chi connectivity index (χ0) is 11.1. The molecule has 16 heavy (non-hydrogen) atoms. The summed E-state index contributed by atoms with van der Waals surface area (Å²) in [6, 6.07) is 0. The van der Waals surface area contributed by atoms with Crippen LogP contribution in [0.1, 0.15) is 38.5 Å². The molecule has 2 saturated heterocycles. The lowest BCUT2D eigenvalue weighted by Crippen LogP contribution is -2.66. The Morgan fingerprint density at radius 2 is 1.62 bits per heavy atom. The molecule has 92 valence electrons. The number of aliphatic hydroxyl groups is 1. The van der Waals surface area contributed by atoms with E-state index in [-0.39, 0.29) is 5.54 Å². The largest absolute Gasteiger partial charge is 0.394 e. The van der Waals surface area contributed by atoms with Crippen LogP contribution in [0.15, 0.2) is 0 Å². The highest BCUT2D eigenvalue weighted by Gasteiger charge is 2.52.